The molecule has 3 aromatic rings. The van der Waals surface area contributed by atoms with Crippen molar-refractivity contribution >= 4 is 62.3 Å². The number of para-hydroxylation sites is 1. The number of hydrogen-bond donors (Lipinski definition) is 1. The number of amides is 1. The van der Waals surface area contributed by atoms with Gasteiger partial charge in [-0.05, 0) is 54.9 Å². The van der Waals surface area contributed by atoms with E-state index in [0.717, 1.165) is 39.2 Å². The highest BCUT2D eigenvalue weighted by atomic mass is 35.5. The summed E-state index contributed by atoms with van der Waals surface area (Å²) in [6.07, 6.45) is 2.52. The number of aromatic nitrogens is 1. The van der Waals surface area contributed by atoms with Gasteiger partial charge in [0.25, 0.3) is 5.91 Å². The minimum Gasteiger partial charge on any atom is -0.340 e. The molecule has 1 N–H and O–H groups in total. The van der Waals surface area contributed by atoms with E-state index in [1.165, 1.54) is 16.8 Å². The number of halogens is 1. The molecular formula is C24H20ClN5OS. The second-order valence-electron chi connectivity index (χ2n) is 7.60. The number of nitrogens with one attached hydrogen (secondary N) is 1. The minimum absolute atomic E-state index is 0.0601. The average Bonchev–Trinajstić information content (AvgIpc) is 3.32. The zero-order valence-electron chi connectivity index (χ0n) is 17.6. The molecule has 0 spiro atoms. The van der Waals surface area contributed by atoms with Crippen molar-refractivity contribution in [3.63, 3.8) is 0 Å². The summed E-state index contributed by atoms with van der Waals surface area (Å²) in [6.45, 7) is 4.70. The molecule has 1 aromatic heterocycles. The van der Waals surface area contributed by atoms with Crippen LogP contribution in [0, 0.1) is 12.3 Å². The predicted molar refractivity (Wildman–Crippen MR) is 133 cm³/mol. The number of amidine groups is 2. The third kappa shape index (κ3) is 3.47. The summed E-state index contributed by atoms with van der Waals surface area (Å²) in [4.78, 5) is 17.0. The van der Waals surface area contributed by atoms with Crippen molar-refractivity contribution in [3.8, 4) is 0 Å². The van der Waals surface area contributed by atoms with E-state index in [-0.39, 0.29) is 11.4 Å². The van der Waals surface area contributed by atoms with Gasteiger partial charge in [-0.15, -0.1) is 0 Å². The number of nitrogens with zero attached hydrogens (tertiary/aromatic N) is 4. The molecule has 2 aliphatic rings. The molecule has 0 fully saturated rings. The van der Waals surface area contributed by atoms with Crippen LogP contribution in [0.3, 0.4) is 0 Å². The van der Waals surface area contributed by atoms with Crippen LogP contribution in [0.15, 0.2) is 64.2 Å². The quantitative estimate of drug-likeness (QED) is 0.508. The van der Waals surface area contributed by atoms with Gasteiger partial charge in [0.15, 0.2) is 5.84 Å². The summed E-state index contributed by atoms with van der Waals surface area (Å²) in [6, 6.07) is 15.9. The molecule has 2 aromatic carbocycles. The zero-order chi connectivity index (χ0) is 22.4. The number of carbonyl (C=O) groups excluding carboxylic acids is 1. The number of hydrogen-bond acceptors (Lipinski definition) is 4. The first-order chi connectivity index (χ1) is 15.5. The number of benzene rings is 2. The third-order valence-electron chi connectivity index (χ3n) is 5.62. The monoisotopic (exact) mass is 461 g/mol. The predicted octanol–water partition coefficient (Wildman–Crippen LogP) is 5.68. The lowest BCUT2D eigenvalue weighted by Gasteiger charge is -2.20. The van der Waals surface area contributed by atoms with Crippen LogP contribution in [-0.4, -0.2) is 31.5 Å². The Morgan fingerprint density at radius 3 is 2.66 bits per heavy atom. The van der Waals surface area contributed by atoms with Crippen LogP contribution in [-0.2, 0) is 11.3 Å². The van der Waals surface area contributed by atoms with Crippen molar-refractivity contribution in [2.24, 2.45) is 10.1 Å². The highest BCUT2D eigenvalue weighted by molar-refractivity contribution is 8.26. The van der Waals surface area contributed by atoms with E-state index in [2.05, 4.69) is 20.7 Å². The van der Waals surface area contributed by atoms with Gasteiger partial charge < -0.3 is 4.57 Å². The molecule has 5 rings (SSSR count). The second kappa shape index (κ2) is 8.07. The Morgan fingerprint density at radius 1 is 1.16 bits per heavy atom. The van der Waals surface area contributed by atoms with Crippen LogP contribution >= 0.6 is 23.4 Å². The summed E-state index contributed by atoms with van der Waals surface area (Å²) in [5, 5.41) is 17.5. The molecule has 1 amide bonds. The molecular weight excluding hydrogens is 442 g/mol. The topological polar surface area (TPSA) is 73.8 Å². The van der Waals surface area contributed by atoms with Crippen LogP contribution in [0.1, 0.15) is 30.2 Å². The van der Waals surface area contributed by atoms with E-state index in [4.69, 9.17) is 17.0 Å². The summed E-state index contributed by atoms with van der Waals surface area (Å²) < 4.78 is 2.22. The molecule has 0 bridgehead atoms. The maximum Gasteiger partial charge on any atom is 0.283 e. The van der Waals surface area contributed by atoms with Gasteiger partial charge in [-0.25, -0.2) is 0 Å². The van der Waals surface area contributed by atoms with Crippen molar-refractivity contribution in [1.82, 2.24) is 9.58 Å². The highest BCUT2D eigenvalue weighted by Gasteiger charge is 2.35. The standard InChI is InChI=1S/C24H20ClN5OS/c1-3-21-28-30-22(26)19(23(31)27-24(30)32-21)12-18-14(2)29(20-7-5-4-6-17(18)20)13-15-8-10-16(25)11-9-15/h4-12,26H,3,13H2,1-2H3/b19-12+,26-22?. The number of thioether (sulfide) groups is 1. The number of carbonyl (C=O) groups is 1. The van der Waals surface area contributed by atoms with Crippen molar-refractivity contribution in [3.05, 3.63) is 75.9 Å². The van der Waals surface area contributed by atoms with Gasteiger partial charge in [-0.1, -0.05) is 48.9 Å². The molecule has 32 heavy (non-hydrogen) atoms. The lowest BCUT2D eigenvalue weighted by molar-refractivity contribution is -0.114. The largest absolute Gasteiger partial charge is 0.340 e. The van der Waals surface area contributed by atoms with Crippen molar-refractivity contribution in [2.75, 3.05) is 0 Å². The average molecular weight is 462 g/mol. The summed E-state index contributed by atoms with van der Waals surface area (Å²) >= 11 is 7.39. The van der Waals surface area contributed by atoms with E-state index in [9.17, 15) is 4.79 Å². The van der Waals surface area contributed by atoms with Gasteiger partial charge in [0.05, 0.1) is 5.57 Å². The van der Waals surface area contributed by atoms with Gasteiger partial charge in [-0.3, -0.25) is 10.2 Å². The van der Waals surface area contributed by atoms with Crippen LogP contribution in [0.25, 0.3) is 17.0 Å². The van der Waals surface area contributed by atoms with Crippen molar-refractivity contribution < 1.29 is 4.79 Å². The fourth-order valence-electron chi connectivity index (χ4n) is 3.94. The van der Waals surface area contributed by atoms with E-state index < -0.39 is 5.91 Å². The molecule has 0 saturated heterocycles. The molecule has 8 heteroatoms. The van der Waals surface area contributed by atoms with Crippen LogP contribution in [0.5, 0.6) is 0 Å². The van der Waals surface area contributed by atoms with Gasteiger partial charge in [0, 0.05) is 33.7 Å². The van der Waals surface area contributed by atoms with E-state index in [0.29, 0.717) is 16.7 Å². The number of hydrazone groups is 1. The number of aliphatic imine (C=N–C) groups is 1. The first-order valence-electron chi connectivity index (χ1n) is 10.3. The molecule has 160 valence electrons. The number of rotatable bonds is 4. The molecule has 3 heterocycles. The van der Waals surface area contributed by atoms with Crippen LogP contribution < -0.4 is 0 Å². The van der Waals surface area contributed by atoms with Gasteiger partial charge in [-0.2, -0.15) is 15.1 Å². The van der Waals surface area contributed by atoms with Crippen LogP contribution in [0.4, 0.5) is 0 Å². The Balaban J connectivity index is 1.61. The number of fused-ring (bicyclic) bond motifs is 2. The maximum absolute atomic E-state index is 12.8. The molecule has 0 atom stereocenters. The molecule has 0 unspecified atom stereocenters. The Labute approximate surface area is 194 Å². The summed E-state index contributed by atoms with van der Waals surface area (Å²) in [5.74, 6) is -0.347. The molecule has 0 radical (unpaired) electrons. The Bertz CT molecular complexity index is 1370. The van der Waals surface area contributed by atoms with Crippen molar-refractivity contribution in [1.29, 1.82) is 5.41 Å². The van der Waals surface area contributed by atoms with E-state index >= 15 is 0 Å². The smallest absolute Gasteiger partial charge is 0.283 e. The van der Waals surface area contributed by atoms with Gasteiger partial charge in [0.2, 0.25) is 5.17 Å². The van der Waals surface area contributed by atoms with Crippen LogP contribution in [0.2, 0.25) is 5.02 Å². The lowest BCUT2D eigenvalue weighted by atomic mass is 10.1. The highest BCUT2D eigenvalue weighted by Crippen LogP contribution is 2.32. The van der Waals surface area contributed by atoms with Gasteiger partial charge >= 0.3 is 0 Å². The lowest BCUT2D eigenvalue weighted by Crippen LogP contribution is -2.35. The molecule has 0 saturated carbocycles. The first-order valence-corrected chi connectivity index (χ1v) is 11.5. The summed E-state index contributed by atoms with van der Waals surface area (Å²) in [7, 11) is 0. The Morgan fingerprint density at radius 2 is 1.91 bits per heavy atom. The first kappa shape index (κ1) is 20.7. The minimum atomic E-state index is -0.407. The Hall–Kier alpha value is -3.16. The zero-order valence-corrected chi connectivity index (χ0v) is 19.2. The normalized spacial score (nSPS) is 17.2. The second-order valence-corrected chi connectivity index (χ2v) is 9.07. The van der Waals surface area contributed by atoms with Gasteiger partial charge in [0.1, 0.15) is 5.04 Å². The molecule has 2 aliphatic heterocycles. The van der Waals surface area contributed by atoms with Crippen molar-refractivity contribution in [2.45, 2.75) is 26.8 Å². The maximum atomic E-state index is 12.8. The van der Waals surface area contributed by atoms with E-state index in [1.807, 2.05) is 56.3 Å². The molecule has 0 aliphatic carbocycles. The fraction of sp³-hybridized carbons (Fsp3) is 0.167. The van der Waals surface area contributed by atoms with E-state index in [1.54, 1.807) is 6.08 Å². The third-order valence-corrected chi connectivity index (χ3v) is 6.93. The molecule has 6 nitrogen and oxygen atoms in total. The SMILES string of the molecule is CCC1=NN2C(=N)/C(=C\c3c(C)n(Cc4ccc(Cl)cc4)c4ccccc34)C(=O)N=C2S1. The Kier molecular flexibility index (Phi) is 5.23. The fourth-order valence-corrected chi connectivity index (χ4v) is 4.89. The summed E-state index contributed by atoms with van der Waals surface area (Å²) in [5.41, 5.74) is 4.36.